The number of pyridine rings is 2. The molecule has 0 spiro atoms. The van der Waals surface area contributed by atoms with Crippen LogP contribution in [0.25, 0.3) is 11.4 Å². The van der Waals surface area contributed by atoms with E-state index in [9.17, 15) is 0 Å². The van der Waals surface area contributed by atoms with Crippen molar-refractivity contribution in [2.75, 3.05) is 6.54 Å². The lowest BCUT2D eigenvalue weighted by molar-refractivity contribution is 0.225. The summed E-state index contributed by atoms with van der Waals surface area (Å²) in [5, 5.41) is 11.6. The van der Waals surface area contributed by atoms with Gasteiger partial charge >= 0.3 is 0 Å². The van der Waals surface area contributed by atoms with Gasteiger partial charge in [0, 0.05) is 42.4 Å². The molecule has 0 aliphatic heterocycles. The average Bonchev–Trinajstić information content (AvgIpc) is 3.31. The molecule has 0 radical (unpaired) electrons. The molecule has 1 saturated carbocycles. The molecule has 2 atom stereocenters. The first-order valence-corrected chi connectivity index (χ1v) is 10.7. The van der Waals surface area contributed by atoms with Gasteiger partial charge < -0.3 is 5.32 Å². The predicted octanol–water partition coefficient (Wildman–Crippen LogP) is 4.37. The molecule has 2 aliphatic rings. The van der Waals surface area contributed by atoms with E-state index in [1.54, 1.807) is 0 Å². The molecule has 5 nitrogen and oxygen atoms in total. The van der Waals surface area contributed by atoms with Crippen LogP contribution in [0, 0.1) is 5.41 Å². The third kappa shape index (κ3) is 2.83. The van der Waals surface area contributed by atoms with E-state index in [0.29, 0.717) is 5.92 Å². The summed E-state index contributed by atoms with van der Waals surface area (Å²) in [7, 11) is 0. The Morgan fingerprint density at radius 2 is 1.97 bits per heavy atom. The van der Waals surface area contributed by atoms with Crippen LogP contribution >= 0.6 is 0 Å². The van der Waals surface area contributed by atoms with Crippen molar-refractivity contribution >= 4 is 0 Å². The van der Waals surface area contributed by atoms with Crippen LogP contribution in [-0.4, -0.2) is 26.7 Å². The highest BCUT2D eigenvalue weighted by atomic mass is 15.2. The molecule has 2 aliphatic carbocycles. The van der Waals surface area contributed by atoms with E-state index in [1.165, 1.54) is 24.1 Å². The summed E-state index contributed by atoms with van der Waals surface area (Å²) < 4.78 is 0. The molecule has 3 aromatic rings. The van der Waals surface area contributed by atoms with E-state index in [0.717, 1.165) is 42.3 Å². The minimum Gasteiger partial charge on any atom is -0.311 e. The average molecular weight is 388 g/mol. The molecule has 3 aromatic heterocycles. The van der Waals surface area contributed by atoms with Crippen LogP contribution in [0.15, 0.2) is 42.6 Å². The Morgan fingerprint density at radius 1 is 1.10 bits per heavy atom. The molecule has 150 valence electrons. The van der Waals surface area contributed by atoms with Gasteiger partial charge in [0.25, 0.3) is 0 Å². The number of hydrogen-bond acceptors (Lipinski definition) is 4. The van der Waals surface area contributed by atoms with Crippen molar-refractivity contribution in [3.05, 3.63) is 65.2 Å². The van der Waals surface area contributed by atoms with Crippen molar-refractivity contribution in [2.45, 2.75) is 57.9 Å². The smallest absolute Gasteiger partial charge is 0.0886 e. The fourth-order valence-corrected chi connectivity index (χ4v) is 5.43. The summed E-state index contributed by atoms with van der Waals surface area (Å²) in [5.74, 6) is 0.571. The van der Waals surface area contributed by atoms with Gasteiger partial charge in [0.1, 0.15) is 0 Å². The number of nitrogens with one attached hydrogen (secondary N) is 2. The van der Waals surface area contributed by atoms with E-state index in [4.69, 9.17) is 10.1 Å². The van der Waals surface area contributed by atoms with Crippen LogP contribution in [-0.2, 0) is 18.4 Å². The lowest BCUT2D eigenvalue weighted by atomic mass is 9.70. The number of aromatic amines is 1. The number of nitrogens with zero attached hydrogens (tertiary/aromatic N) is 3. The Hall–Kier alpha value is -2.53. The summed E-state index contributed by atoms with van der Waals surface area (Å²) in [6.07, 6.45) is 5.21. The SMILES string of the molecule is CC12CCC(c3c1n[nH]c3-c1cccc(CCNCc3ccccn3)n1)C2(C)C. The van der Waals surface area contributed by atoms with Crippen LogP contribution < -0.4 is 5.32 Å². The number of hydrogen-bond donors (Lipinski definition) is 2. The molecule has 2 bridgehead atoms. The maximum absolute atomic E-state index is 4.96. The molecule has 2 unspecified atom stereocenters. The first kappa shape index (κ1) is 18.5. The third-order valence-electron chi connectivity index (χ3n) is 7.55. The molecule has 2 N–H and O–H groups in total. The molecule has 5 rings (SSSR count). The van der Waals surface area contributed by atoms with Crippen LogP contribution in [0.3, 0.4) is 0 Å². The van der Waals surface area contributed by atoms with E-state index in [2.05, 4.69) is 54.4 Å². The van der Waals surface area contributed by atoms with Crippen LogP contribution in [0.5, 0.6) is 0 Å². The zero-order valence-corrected chi connectivity index (χ0v) is 17.5. The van der Waals surface area contributed by atoms with Gasteiger partial charge in [-0.3, -0.25) is 15.1 Å². The quantitative estimate of drug-likeness (QED) is 0.616. The Morgan fingerprint density at radius 3 is 2.79 bits per heavy atom. The first-order chi connectivity index (χ1) is 14.0. The van der Waals surface area contributed by atoms with Crippen molar-refractivity contribution in [3.8, 4) is 11.4 Å². The van der Waals surface area contributed by atoms with Crippen LogP contribution in [0.1, 0.15) is 62.2 Å². The van der Waals surface area contributed by atoms with Crippen molar-refractivity contribution < 1.29 is 0 Å². The molecule has 3 heterocycles. The highest BCUT2D eigenvalue weighted by molar-refractivity contribution is 5.66. The molecular weight excluding hydrogens is 358 g/mol. The molecular formula is C24H29N5. The highest BCUT2D eigenvalue weighted by Crippen LogP contribution is 2.68. The minimum atomic E-state index is 0.175. The molecule has 29 heavy (non-hydrogen) atoms. The van der Waals surface area contributed by atoms with E-state index in [1.807, 2.05) is 24.4 Å². The summed E-state index contributed by atoms with van der Waals surface area (Å²) in [4.78, 5) is 9.32. The largest absolute Gasteiger partial charge is 0.311 e. The van der Waals surface area contributed by atoms with Gasteiger partial charge in [-0.1, -0.05) is 32.9 Å². The summed E-state index contributed by atoms with van der Waals surface area (Å²) >= 11 is 0. The highest BCUT2D eigenvalue weighted by Gasteiger charge is 2.61. The van der Waals surface area contributed by atoms with E-state index in [-0.39, 0.29) is 10.8 Å². The van der Waals surface area contributed by atoms with Gasteiger partial charge in [-0.2, -0.15) is 5.10 Å². The Balaban J connectivity index is 1.32. The molecule has 1 fully saturated rings. The van der Waals surface area contributed by atoms with Gasteiger partial charge in [0.05, 0.1) is 22.8 Å². The van der Waals surface area contributed by atoms with Crippen molar-refractivity contribution in [2.24, 2.45) is 5.41 Å². The fourth-order valence-electron chi connectivity index (χ4n) is 5.43. The second-order valence-corrected chi connectivity index (χ2v) is 9.27. The predicted molar refractivity (Wildman–Crippen MR) is 115 cm³/mol. The summed E-state index contributed by atoms with van der Waals surface area (Å²) in [6.45, 7) is 8.87. The second-order valence-electron chi connectivity index (χ2n) is 9.27. The maximum Gasteiger partial charge on any atom is 0.0886 e. The van der Waals surface area contributed by atoms with E-state index < -0.39 is 0 Å². The minimum absolute atomic E-state index is 0.175. The second kappa shape index (κ2) is 6.77. The monoisotopic (exact) mass is 387 g/mol. The molecule has 0 saturated heterocycles. The van der Waals surface area contributed by atoms with Crippen molar-refractivity contribution in [1.82, 2.24) is 25.5 Å². The Bertz CT molecular complexity index is 1020. The summed E-state index contributed by atoms with van der Waals surface area (Å²) in [5.41, 5.74) is 7.45. The molecule has 0 amide bonds. The number of H-pyrrole nitrogens is 1. The normalized spacial score (nSPS) is 24.0. The fraction of sp³-hybridized carbons (Fsp3) is 0.458. The zero-order chi connectivity index (χ0) is 20.1. The number of rotatable bonds is 6. The van der Waals surface area contributed by atoms with Gasteiger partial charge in [0.2, 0.25) is 0 Å². The summed E-state index contributed by atoms with van der Waals surface area (Å²) in [6, 6.07) is 12.3. The lowest BCUT2D eigenvalue weighted by Gasteiger charge is -2.34. The number of aromatic nitrogens is 4. The van der Waals surface area contributed by atoms with Crippen LogP contribution in [0.4, 0.5) is 0 Å². The van der Waals surface area contributed by atoms with Crippen molar-refractivity contribution in [1.29, 1.82) is 0 Å². The number of fused-ring (bicyclic) bond motifs is 5. The standard InChI is InChI=1S/C24H29N5/c1-23(2)18-10-12-24(23,3)22-20(18)21(28-29-22)19-9-6-8-16(27-19)11-14-25-15-17-7-4-5-13-26-17/h4-9,13,18,25H,10-12,14-15H2,1-3H3,(H,28,29). The third-order valence-corrected chi connectivity index (χ3v) is 7.55. The Kier molecular flexibility index (Phi) is 4.32. The topological polar surface area (TPSA) is 66.5 Å². The lowest BCUT2D eigenvalue weighted by Crippen LogP contribution is -2.32. The molecule has 0 aromatic carbocycles. The van der Waals surface area contributed by atoms with Gasteiger partial charge in [0.15, 0.2) is 0 Å². The van der Waals surface area contributed by atoms with Gasteiger partial charge in [-0.15, -0.1) is 0 Å². The van der Waals surface area contributed by atoms with Gasteiger partial charge in [-0.25, -0.2) is 0 Å². The van der Waals surface area contributed by atoms with E-state index >= 15 is 0 Å². The molecule has 5 heteroatoms. The Labute approximate surface area is 172 Å². The zero-order valence-electron chi connectivity index (χ0n) is 17.5. The van der Waals surface area contributed by atoms with Gasteiger partial charge in [-0.05, 0) is 48.4 Å². The van der Waals surface area contributed by atoms with Crippen LogP contribution in [0.2, 0.25) is 0 Å². The van der Waals surface area contributed by atoms with Crippen molar-refractivity contribution in [3.63, 3.8) is 0 Å². The maximum atomic E-state index is 4.96. The first-order valence-electron chi connectivity index (χ1n) is 10.7.